The molecule has 5 heteroatoms. The lowest BCUT2D eigenvalue weighted by molar-refractivity contribution is 0.0933. The van der Waals surface area contributed by atoms with Crippen LogP contribution in [0.15, 0.2) is 6.20 Å². The highest BCUT2D eigenvalue weighted by atomic mass is 16.1. The molecule has 0 spiro atoms. The van der Waals surface area contributed by atoms with Gasteiger partial charge in [-0.25, -0.2) is 9.97 Å². The van der Waals surface area contributed by atoms with E-state index in [-0.39, 0.29) is 17.9 Å². The molecule has 0 saturated carbocycles. The third kappa shape index (κ3) is 4.56. The molecule has 0 aliphatic rings. The van der Waals surface area contributed by atoms with Crippen LogP contribution in [0.25, 0.3) is 0 Å². The van der Waals surface area contributed by atoms with E-state index in [9.17, 15) is 4.79 Å². The minimum atomic E-state index is -0.125. The highest BCUT2D eigenvalue weighted by Gasteiger charge is 2.18. The van der Waals surface area contributed by atoms with Crippen LogP contribution in [-0.2, 0) is 0 Å². The Hall–Kier alpha value is -1.49. The van der Waals surface area contributed by atoms with Crippen LogP contribution in [0.4, 0.5) is 0 Å². The summed E-state index contributed by atoms with van der Waals surface area (Å²) in [4.78, 5) is 20.9. The summed E-state index contributed by atoms with van der Waals surface area (Å²) in [5.41, 5.74) is 7.06. The van der Waals surface area contributed by atoms with Gasteiger partial charge in [0.2, 0.25) is 0 Å². The van der Waals surface area contributed by atoms with Crippen molar-refractivity contribution in [3.05, 3.63) is 23.3 Å². The molecule has 0 saturated heterocycles. The number of aryl methyl sites for hydroxylation is 1. The molecule has 1 aromatic heterocycles. The van der Waals surface area contributed by atoms with Crippen molar-refractivity contribution in [1.29, 1.82) is 0 Å². The SMILES string of the molecule is CCCCC(CN)NC(=O)c1cnc(C)nc1C(C)C. The minimum absolute atomic E-state index is 0.0174. The normalized spacial score (nSPS) is 12.5. The topological polar surface area (TPSA) is 80.9 Å². The van der Waals surface area contributed by atoms with Gasteiger partial charge in [0.05, 0.1) is 11.3 Å². The monoisotopic (exact) mass is 278 g/mol. The zero-order valence-electron chi connectivity index (χ0n) is 12.9. The zero-order chi connectivity index (χ0) is 15.1. The van der Waals surface area contributed by atoms with E-state index in [1.807, 2.05) is 20.8 Å². The highest BCUT2D eigenvalue weighted by Crippen LogP contribution is 2.16. The molecule has 5 nitrogen and oxygen atoms in total. The summed E-state index contributed by atoms with van der Waals surface area (Å²) in [7, 11) is 0. The van der Waals surface area contributed by atoms with Crippen molar-refractivity contribution in [3.8, 4) is 0 Å². The van der Waals surface area contributed by atoms with E-state index in [1.165, 1.54) is 0 Å². The number of carbonyl (C=O) groups excluding carboxylic acids is 1. The molecule has 1 heterocycles. The average Bonchev–Trinajstić information content (AvgIpc) is 2.42. The van der Waals surface area contributed by atoms with Gasteiger partial charge in [-0.15, -0.1) is 0 Å². The summed E-state index contributed by atoms with van der Waals surface area (Å²) in [5, 5.41) is 2.99. The van der Waals surface area contributed by atoms with Crippen molar-refractivity contribution < 1.29 is 4.79 Å². The van der Waals surface area contributed by atoms with E-state index in [4.69, 9.17) is 5.73 Å². The number of rotatable bonds is 7. The zero-order valence-corrected chi connectivity index (χ0v) is 12.9. The fourth-order valence-electron chi connectivity index (χ4n) is 2.07. The van der Waals surface area contributed by atoms with Gasteiger partial charge >= 0.3 is 0 Å². The quantitative estimate of drug-likeness (QED) is 0.801. The summed E-state index contributed by atoms with van der Waals surface area (Å²) in [6.07, 6.45) is 4.67. The van der Waals surface area contributed by atoms with E-state index in [2.05, 4.69) is 22.2 Å². The van der Waals surface area contributed by atoms with Crippen LogP contribution in [0.3, 0.4) is 0 Å². The van der Waals surface area contributed by atoms with Crippen molar-refractivity contribution in [2.24, 2.45) is 5.73 Å². The number of hydrogen-bond acceptors (Lipinski definition) is 4. The van der Waals surface area contributed by atoms with Crippen LogP contribution >= 0.6 is 0 Å². The highest BCUT2D eigenvalue weighted by molar-refractivity contribution is 5.95. The molecule has 1 unspecified atom stereocenters. The molecular weight excluding hydrogens is 252 g/mol. The summed E-state index contributed by atoms with van der Waals surface area (Å²) >= 11 is 0. The molecule has 1 aromatic rings. The maximum atomic E-state index is 12.4. The molecule has 0 bridgehead atoms. The Labute approximate surface area is 121 Å². The molecule has 0 aromatic carbocycles. The lowest BCUT2D eigenvalue weighted by Crippen LogP contribution is -2.40. The summed E-state index contributed by atoms with van der Waals surface area (Å²) < 4.78 is 0. The van der Waals surface area contributed by atoms with Gasteiger partial charge in [0.15, 0.2) is 0 Å². The van der Waals surface area contributed by atoms with Crippen LogP contribution < -0.4 is 11.1 Å². The number of amides is 1. The Morgan fingerprint density at radius 2 is 2.15 bits per heavy atom. The fourth-order valence-corrected chi connectivity index (χ4v) is 2.07. The van der Waals surface area contributed by atoms with Crippen LogP contribution in [0, 0.1) is 6.92 Å². The first-order valence-electron chi connectivity index (χ1n) is 7.34. The fraction of sp³-hybridized carbons (Fsp3) is 0.667. The number of unbranched alkanes of at least 4 members (excludes halogenated alkanes) is 1. The minimum Gasteiger partial charge on any atom is -0.348 e. The largest absolute Gasteiger partial charge is 0.348 e. The molecule has 20 heavy (non-hydrogen) atoms. The first-order chi connectivity index (χ1) is 9.49. The molecule has 1 amide bonds. The number of carbonyl (C=O) groups is 1. The third-order valence-corrected chi connectivity index (χ3v) is 3.26. The summed E-state index contributed by atoms with van der Waals surface area (Å²) in [5.74, 6) is 0.747. The Balaban J connectivity index is 2.86. The van der Waals surface area contributed by atoms with Gasteiger partial charge in [0, 0.05) is 18.8 Å². The van der Waals surface area contributed by atoms with Gasteiger partial charge in [-0.3, -0.25) is 4.79 Å². The molecule has 0 radical (unpaired) electrons. The maximum absolute atomic E-state index is 12.4. The number of nitrogens with zero attached hydrogens (tertiary/aromatic N) is 2. The standard InChI is InChI=1S/C15H26N4O/c1-5-6-7-12(8-16)19-15(20)13-9-17-11(4)18-14(13)10(2)3/h9-10,12H,5-8,16H2,1-4H3,(H,19,20). The Morgan fingerprint density at radius 1 is 1.45 bits per heavy atom. The van der Waals surface area contributed by atoms with Crippen molar-refractivity contribution in [2.75, 3.05) is 6.54 Å². The predicted molar refractivity (Wildman–Crippen MR) is 80.7 cm³/mol. The van der Waals surface area contributed by atoms with E-state index in [1.54, 1.807) is 6.20 Å². The number of aromatic nitrogens is 2. The van der Waals surface area contributed by atoms with E-state index in [0.717, 1.165) is 25.0 Å². The second-order valence-electron chi connectivity index (χ2n) is 5.42. The van der Waals surface area contributed by atoms with Crippen LogP contribution in [0.5, 0.6) is 0 Å². The van der Waals surface area contributed by atoms with Crippen LogP contribution in [0.1, 0.15) is 67.8 Å². The Morgan fingerprint density at radius 3 is 2.70 bits per heavy atom. The smallest absolute Gasteiger partial charge is 0.254 e. The van der Waals surface area contributed by atoms with E-state index >= 15 is 0 Å². The molecular formula is C15H26N4O. The first-order valence-corrected chi connectivity index (χ1v) is 7.34. The lowest BCUT2D eigenvalue weighted by Gasteiger charge is -2.18. The Bertz CT molecular complexity index is 445. The number of hydrogen-bond donors (Lipinski definition) is 2. The molecule has 0 aliphatic heterocycles. The molecule has 1 rings (SSSR count). The molecule has 1 atom stereocenters. The second-order valence-corrected chi connectivity index (χ2v) is 5.42. The molecule has 3 N–H and O–H groups in total. The predicted octanol–water partition coefficient (Wildman–Crippen LogP) is 2.16. The van der Waals surface area contributed by atoms with Gasteiger partial charge in [-0.05, 0) is 19.3 Å². The Kier molecular flexibility index (Phi) is 6.58. The second kappa shape index (κ2) is 7.94. The van der Waals surface area contributed by atoms with Gasteiger partial charge in [0.1, 0.15) is 5.82 Å². The molecule has 0 aliphatic carbocycles. The van der Waals surface area contributed by atoms with Gasteiger partial charge < -0.3 is 11.1 Å². The summed E-state index contributed by atoms with van der Waals surface area (Å²) in [6.45, 7) is 8.46. The van der Waals surface area contributed by atoms with Gasteiger partial charge in [-0.2, -0.15) is 0 Å². The van der Waals surface area contributed by atoms with Crippen LogP contribution in [0.2, 0.25) is 0 Å². The molecule has 112 valence electrons. The van der Waals surface area contributed by atoms with Crippen LogP contribution in [-0.4, -0.2) is 28.5 Å². The lowest BCUT2D eigenvalue weighted by atomic mass is 10.0. The van der Waals surface area contributed by atoms with Gasteiger partial charge in [-0.1, -0.05) is 33.6 Å². The van der Waals surface area contributed by atoms with E-state index < -0.39 is 0 Å². The number of nitrogens with two attached hydrogens (primary N) is 1. The van der Waals surface area contributed by atoms with Crippen molar-refractivity contribution >= 4 is 5.91 Å². The average molecular weight is 278 g/mol. The van der Waals surface area contributed by atoms with Gasteiger partial charge in [0.25, 0.3) is 5.91 Å². The maximum Gasteiger partial charge on any atom is 0.254 e. The van der Waals surface area contributed by atoms with Crippen molar-refractivity contribution in [1.82, 2.24) is 15.3 Å². The third-order valence-electron chi connectivity index (χ3n) is 3.26. The summed E-state index contributed by atoms with van der Waals surface area (Å²) in [6, 6.07) is 0.0174. The van der Waals surface area contributed by atoms with Crippen molar-refractivity contribution in [2.45, 2.75) is 58.9 Å². The van der Waals surface area contributed by atoms with E-state index in [0.29, 0.717) is 17.9 Å². The molecule has 0 fully saturated rings. The number of nitrogens with one attached hydrogen (secondary N) is 1. The first kappa shape index (κ1) is 16.6. The van der Waals surface area contributed by atoms with Crippen molar-refractivity contribution in [3.63, 3.8) is 0 Å².